The van der Waals surface area contributed by atoms with Crippen molar-refractivity contribution in [2.45, 2.75) is 26.0 Å². The Morgan fingerprint density at radius 1 is 1.14 bits per heavy atom. The first kappa shape index (κ1) is 25.3. The molecule has 0 bridgehead atoms. The molecule has 9 nitrogen and oxygen atoms in total. The molecule has 0 fully saturated rings. The van der Waals surface area contributed by atoms with E-state index in [1.807, 2.05) is 30.3 Å². The highest BCUT2D eigenvalue weighted by molar-refractivity contribution is 6.34. The standard InChI is InChI=1S/C26H27ClN6O3/c1-26(2,35)15-36-33-25(34)19-7-6-18(13-20(19)27)22-9-10-23(32-28)24(31-22)30-14-16-5-8-21-17(12-16)4-3-11-29-21/h3-13,32,35H,14-15,28H2,1-2H3,(H,30,31)(H,33,34). The molecule has 2 heterocycles. The second-order valence-corrected chi connectivity index (χ2v) is 9.26. The number of nitrogen functional groups attached to an aromatic ring is 1. The molecule has 6 N–H and O–H groups in total. The highest BCUT2D eigenvalue weighted by Gasteiger charge is 2.16. The van der Waals surface area contributed by atoms with Crippen LogP contribution in [0.3, 0.4) is 0 Å². The third-order valence-corrected chi connectivity index (χ3v) is 5.59. The molecule has 1 amide bonds. The largest absolute Gasteiger partial charge is 0.388 e. The third-order valence-electron chi connectivity index (χ3n) is 5.28. The smallest absolute Gasteiger partial charge is 0.276 e. The number of carbonyl (C=O) groups excluding carboxylic acids is 1. The Balaban J connectivity index is 1.50. The summed E-state index contributed by atoms with van der Waals surface area (Å²) in [4.78, 5) is 26.5. The van der Waals surface area contributed by atoms with Gasteiger partial charge in [0.1, 0.15) is 6.61 Å². The Bertz CT molecular complexity index is 1390. The number of carbonyl (C=O) groups is 1. The van der Waals surface area contributed by atoms with Crippen LogP contribution in [0.1, 0.15) is 29.8 Å². The summed E-state index contributed by atoms with van der Waals surface area (Å²) < 4.78 is 0. The van der Waals surface area contributed by atoms with E-state index >= 15 is 0 Å². The molecular formula is C26H27ClN6O3. The summed E-state index contributed by atoms with van der Waals surface area (Å²) >= 11 is 6.38. The number of aromatic nitrogens is 2. The number of hydroxylamine groups is 1. The summed E-state index contributed by atoms with van der Waals surface area (Å²) in [5.41, 5.74) is 8.11. The number of halogens is 1. The van der Waals surface area contributed by atoms with E-state index < -0.39 is 11.5 Å². The number of rotatable bonds is 9. The van der Waals surface area contributed by atoms with E-state index in [-0.39, 0.29) is 17.2 Å². The first-order valence-corrected chi connectivity index (χ1v) is 11.6. The number of hydrogen-bond acceptors (Lipinski definition) is 8. The summed E-state index contributed by atoms with van der Waals surface area (Å²) in [5.74, 6) is 5.75. The molecule has 2 aromatic carbocycles. The maximum Gasteiger partial charge on any atom is 0.276 e. The quantitative estimate of drug-likeness (QED) is 0.168. The maximum absolute atomic E-state index is 12.4. The summed E-state index contributed by atoms with van der Waals surface area (Å²) in [6, 6.07) is 18.6. The van der Waals surface area contributed by atoms with Crippen LogP contribution in [0, 0.1) is 0 Å². The molecule has 0 spiro atoms. The monoisotopic (exact) mass is 506 g/mol. The number of aliphatic hydroxyl groups is 1. The van der Waals surface area contributed by atoms with Gasteiger partial charge in [-0.05, 0) is 61.9 Å². The molecule has 0 saturated heterocycles. The van der Waals surface area contributed by atoms with Crippen LogP contribution in [0.2, 0.25) is 5.02 Å². The number of amides is 1. The highest BCUT2D eigenvalue weighted by atomic mass is 35.5. The Morgan fingerprint density at radius 2 is 1.97 bits per heavy atom. The van der Waals surface area contributed by atoms with E-state index in [4.69, 9.17) is 27.3 Å². The molecule has 0 radical (unpaired) electrons. The van der Waals surface area contributed by atoms with Gasteiger partial charge in [-0.15, -0.1) is 0 Å². The van der Waals surface area contributed by atoms with E-state index in [0.29, 0.717) is 23.7 Å². The molecule has 0 aliphatic carbocycles. The van der Waals surface area contributed by atoms with Gasteiger partial charge < -0.3 is 15.8 Å². The van der Waals surface area contributed by atoms with Gasteiger partial charge in [0.15, 0.2) is 5.82 Å². The average molecular weight is 507 g/mol. The fourth-order valence-corrected chi connectivity index (χ4v) is 3.75. The average Bonchev–Trinajstić information content (AvgIpc) is 2.86. The number of nitrogens with zero attached hydrogens (tertiary/aromatic N) is 2. The Labute approximate surface area is 213 Å². The van der Waals surface area contributed by atoms with Crippen molar-refractivity contribution in [2.75, 3.05) is 17.3 Å². The minimum Gasteiger partial charge on any atom is -0.388 e. The normalized spacial score (nSPS) is 11.4. The minimum atomic E-state index is -1.07. The second kappa shape index (κ2) is 10.9. The van der Waals surface area contributed by atoms with Crippen molar-refractivity contribution in [3.8, 4) is 11.3 Å². The fourth-order valence-electron chi connectivity index (χ4n) is 3.48. The van der Waals surface area contributed by atoms with Gasteiger partial charge in [0, 0.05) is 23.7 Å². The van der Waals surface area contributed by atoms with Gasteiger partial charge >= 0.3 is 0 Å². The van der Waals surface area contributed by atoms with Gasteiger partial charge in [-0.1, -0.05) is 29.8 Å². The van der Waals surface area contributed by atoms with Crippen LogP contribution in [0.4, 0.5) is 11.5 Å². The van der Waals surface area contributed by atoms with Gasteiger partial charge in [-0.2, -0.15) is 0 Å². The minimum absolute atomic E-state index is 0.0637. The molecule has 0 aliphatic heterocycles. The van der Waals surface area contributed by atoms with Crippen molar-refractivity contribution in [3.05, 3.63) is 83.0 Å². The number of benzene rings is 2. The van der Waals surface area contributed by atoms with Gasteiger partial charge in [-0.3, -0.25) is 20.5 Å². The number of pyridine rings is 2. The first-order valence-electron chi connectivity index (χ1n) is 11.2. The number of nitrogens with one attached hydrogen (secondary N) is 3. The van der Waals surface area contributed by atoms with Crippen molar-refractivity contribution in [3.63, 3.8) is 0 Å². The molecule has 4 aromatic rings. The van der Waals surface area contributed by atoms with Gasteiger partial charge in [0.2, 0.25) is 0 Å². The van der Waals surface area contributed by atoms with Crippen LogP contribution < -0.4 is 22.1 Å². The SMILES string of the molecule is CC(C)(O)CONC(=O)c1ccc(-c2ccc(NN)c(NCc3ccc4ncccc4c3)n2)cc1Cl. The van der Waals surface area contributed by atoms with E-state index in [1.54, 1.807) is 44.3 Å². The molecule has 36 heavy (non-hydrogen) atoms. The van der Waals surface area contributed by atoms with Gasteiger partial charge in [0.05, 0.1) is 33.1 Å². The topological polar surface area (TPSA) is 134 Å². The molecule has 0 unspecified atom stereocenters. The maximum atomic E-state index is 12.4. The molecular weight excluding hydrogens is 480 g/mol. The van der Waals surface area contributed by atoms with Gasteiger partial charge in [-0.25, -0.2) is 10.5 Å². The van der Waals surface area contributed by atoms with Gasteiger partial charge in [0.25, 0.3) is 5.91 Å². The number of anilines is 2. The fraction of sp³-hybridized carbons (Fsp3) is 0.192. The lowest BCUT2D eigenvalue weighted by atomic mass is 10.1. The Hall–Kier alpha value is -3.76. The molecule has 0 saturated carbocycles. The van der Waals surface area contributed by atoms with Crippen LogP contribution in [0.15, 0.2) is 66.9 Å². The Kier molecular flexibility index (Phi) is 7.66. The molecule has 0 atom stereocenters. The summed E-state index contributed by atoms with van der Waals surface area (Å²) in [6.07, 6.45) is 1.77. The van der Waals surface area contributed by atoms with E-state index in [2.05, 4.69) is 27.3 Å². The number of hydrazine groups is 1. The van der Waals surface area contributed by atoms with Crippen LogP contribution in [0.25, 0.3) is 22.2 Å². The molecule has 2 aromatic heterocycles. The lowest BCUT2D eigenvalue weighted by molar-refractivity contribution is -0.0522. The van der Waals surface area contributed by atoms with Crippen LogP contribution in [0.5, 0.6) is 0 Å². The zero-order valence-electron chi connectivity index (χ0n) is 19.9. The van der Waals surface area contributed by atoms with Crippen molar-refractivity contribution < 1.29 is 14.7 Å². The highest BCUT2D eigenvalue weighted by Crippen LogP contribution is 2.29. The lowest BCUT2D eigenvalue weighted by Crippen LogP contribution is -2.33. The van der Waals surface area contributed by atoms with Crippen molar-refractivity contribution in [1.82, 2.24) is 15.4 Å². The summed E-state index contributed by atoms with van der Waals surface area (Å²) in [6.45, 7) is 3.61. The zero-order valence-corrected chi connectivity index (χ0v) is 20.6. The van der Waals surface area contributed by atoms with E-state index in [0.717, 1.165) is 22.0 Å². The summed E-state index contributed by atoms with van der Waals surface area (Å²) in [7, 11) is 0. The summed E-state index contributed by atoms with van der Waals surface area (Å²) in [5, 5.41) is 14.3. The number of hydrogen-bond donors (Lipinski definition) is 5. The predicted molar refractivity (Wildman–Crippen MR) is 141 cm³/mol. The van der Waals surface area contributed by atoms with Crippen molar-refractivity contribution >= 4 is 39.9 Å². The van der Waals surface area contributed by atoms with Crippen molar-refractivity contribution in [2.24, 2.45) is 5.84 Å². The lowest BCUT2D eigenvalue weighted by Gasteiger charge is -2.17. The third kappa shape index (κ3) is 6.27. The predicted octanol–water partition coefficient (Wildman–Crippen LogP) is 4.28. The Morgan fingerprint density at radius 3 is 2.72 bits per heavy atom. The number of fused-ring (bicyclic) bond motifs is 1. The van der Waals surface area contributed by atoms with Crippen LogP contribution in [-0.4, -0.2) is 33.2 Å². The molecule has 0 aliphatic rings. The molecule has 186 valence electrons. The second-order valence-electron chi connectivity index (χ2n) is 8.85. The van der Waals surface area contributed by atoms with E-state index in [9.17, 15) is 9.90 Å². The number of nitrogens with two attached hydrogens (primary N) is 1. The van der Waals surface area contributed by atoms with E-state index in [1.165, 1.54) is 0 Å². The van der Waals surface area contributed by atoms with Crippen LogP contribution in [-0.2, 0) is 11.4 Å². The van der Waals surface area contributed by atoms with Crippen molar-refractivity contribution in [1.29, 1.82) is 0 Å². The van der Waals surface area contributed by atoms with Crippen LogP contribution >= 0.6 is 11.6 Å². The molecule has 4 rings (SSSR count). The molecule has 10 heteroatoms. The zero-order chi connectivity index (χ0) is 25.7. The first-order chi connectivity index (χ1) is 17.2.